The topological polar surface area (TPSA) is 35.2 Å². The molecule has 0 amide bonds. The number of nitrogens with two attached hydrogens (primary N) is 1. The molecule has 0 saturated heterocycles. The first kappa shape index (κ1) is 12.0. The van der Waals surface area contributed by atoms with Crippen LogP contribution in [-0.4, -0.2) is 6.61 Å². The standard InChI is InChI=1S/C3H5Cl2NO.C2H6/c4-3(5)1-2-7-6;1-2/h1H,2,6H2;1-2H3. The Morgan fingerprint density at radius 2 is 2.00 bits per heavy atom. The van der Waals surface area contributed by atoms with Crippen molar-refractivity contribution in [2.75, 3.05) is 6.61 Å². The lowest BCUT2D eigenvalue weighted by Crippen LogP contribution is -1.96. The Balaban J connectivity index is 0. The summed E-state index contributed by atoms with van der Waals surface area (Å²) in [5, 5.41) is 0. The molecule has 0 aromatic carbocycles. The second-order valence-electron chi connectivity index (χ2n) is 0.827. The molecule has 9 heavy (non-hydrogen) atoms. The number of hydrogen-bond acceptors (Lipinski definition) is 2. The van der Waals surface area contributed by atoms with Crippen LogP contribution in [0.15, 0.2) is 10.6 Å². The monoisotopic (exact) mass is 171 g/mol. The molecule has 0 aliphatic rings. The number of halogens is 2. The van der Waals surface area contributed by atoms with Gasteiger partial charge in [-0.05, 0) is 6.08 Å². The average Bonchev–Trinajstić information content (AvgIpc) is 1.88. The molecule has 0 aromatic rings. The van der Waals surface area contributed by atoms with Crippen molar-refractivity contribution in [1.29, 1.82) is 0 Å². The molecule has 0 radical (unpaired) electrons. The molecule has 0 unspecified atom stereocenters. The molecule has 0 bridgehead atoms. The van der Waals surface area contributed by atoms with Crippen molar-refractivity contribution >= 4 is 23.2 Å². The lowest BCUT2D eigenvalue weighted by atomic mass is 10.7. The highest BCUT2D eigenvalue weighted by molar-refractivity contribution is 6.55. The fourth-order valence-corrected chi connectivity index (χ4v) is 0.237. The Labute approximate surface area is 65.5 Å². The van der Waals surface area contributed by atoms with Gasteiger partial charge in [0, 0.05) is 0 Å². The van der Waals surface area contributed by atoms with Gasteiger partial charge in [-0.15, -0.1) is 0 Å². The van der Waals surface area contributed by atoms with E-state index in [2.05, 4.69) is 10.7 Å². The zero-order chi connectivity index (χ0) is 7.70. The lowest BCUT2D eigenvalue weighted by Gasteiger charge is -1.84. The van der Waals surface area contributed by atoms with E-state index >= 15 is 0 Å². The third kappa shape index (κ3) is 17.8. The normalized spacial score (nSPS) is 7.22. The van der Waals surface area contributed by atoms with Crippen LogP contribution in [0, 0.1) is 0 Å². The summed E-state index contributed by atoms with van der Waals surface area (Å²) in [6, 6.07) is 0. The van der Waals surface area contributed by atoms with Crippen LogP contribution in [0.1, 0.15) is 13.8 Å². The number of hydrogen-bond donors (Lipinski definition) is 1. The van der Waals surface area contributed by atoms with Crippen molar-refractivity contribution in [2.45, 2.75) is 13.8 Å². The van der Waals surface area contributed by atoms with Gasteiger partial charge < -0.3 is 4.84 Å². The summed E-state index contributed by atoms with van der Waals surface area (Å²) in [5.74, 6) is 4.61. The molecule has 2 nitrogen and oxygen atoms in total. The lowest BCUT2D eigenvalue weighted by molar-refractivity contribution is 0.168. The van der Waals surface area contributed by atoms with Gasteiger partial charge in [-0.2, -0.15) is 0 Å². The molecular formula is C5H11Cl2NO. The van der Waals surface area contributed by atoms with E-state index in [-0.39, 0.29) is 11.1 Å². The summed E-state index contributed by atoms with van der Waals surface area (Å²) in [5.41, 5.74) is 0. The van der Waals surface area contributed by atoms with Gasteiger partial charge in [0.1, 0.15) is 4.49 Å². The van der Waals surface area contributed by atoms with E-state index in [1.165, 1.54) is 6.08 Å². The Kier molecular flexibility index (Phi) is 14.8. The van der Waals surface area contributed by atoms with Crippen molar-refractivity contribution in [3.05, 3.63) is 10.6 Å². The van der Waals surface area contributed by atoms with E-state index in [0.717, 1.165) is 0 Å². The Morgan fingerprint density at radius 1 is 1.56 bits per heavy atom. The van der Waals surface area contributed by atoms with E-state index in [1.807, 2.05) is 13.8 Å². The van der Waals surface area contributed by atoms with Crippen LogP contribution in [-0.2, 0) is 4.84 Å². The molecule has 0 spiro atoms. The Bertz CT molecular complexity index is 71.4. The van der Waals surface area contributed by atoms with E-state index in [0.29, 0.717) is 0 Å². The fraction of sp³-hybridized carbons (Fsp3) is 0.600. The van der Waals surface area contributed by atoms with Crippen LogP contribution in [0.4, 0.5) is 0 Å². The van der Waals surface area contributed by atoms with Crippen molar-refractivity contribution in [1.82, 2.24) is 0 Å². The van der Waals surface area contributed by atoms with Gasteiger partial charge in [0.15, 0.2) is 0 Å². The molecule has 56 valence electrons. The molecule has 2 N–H and O–H groups in total. The van der Waals surface area contributed by atoms with Gasteiger partial charge >= 0.3 is 0 Å². The van der Waals surface area contributed by atoms with Gasteiger partial charge in [-0.1, -0.05) is 37.0 Å². The van der Waals surface area contributed by atoms with E-state index < -0.39 is 0 Å². The first-order valence-corrected chi connectivity index (χ1v) is 3.36. The van der Waals surface area contributed by atoms with Crippen LogP contribution in [0.3, 0.4) is 0 Å². The fourth-order valence-electron chi connectivity index (χ4n) is 0.111. The highest BCUT2D eigenvalue weighted by atomic mass is 35.5. The molecule has 0 aromatic heterocycles. The largest absolute Gasteiger partial charge is 0.300 e. The van der Waals surface area contributed by atoms with Gasteiger partial charge in [-0.3, -0.25) is 0 Å². The summed E-state index contributed by atoms with van der Waals surface area (Å²) in [4.78, 5) is 4.11. The summed E-state index contributed by atoms with van der Waals surface area (Å²) in [7, 11) is 0. The minimum absolute atomic E-state index is 0.172. The van der Waals surface area contributed by atoms with Crippen LogP contribution in [0.25, 0.3) is 0 Å². The van der Waals surface area contributed by atoms with Gasteiger partial charge in [0.2, 0.25) is 0 Å². The summed E-state index contributed by atoms with van der Waals surface area (Å²) >= 11 is 10.3. The molecule has 0 saturated carbocycles. The van der Waals surface area contributed by atoms with E-state index in [9.17, 15) is 0 Å². The molecule has 0 rings (SSSR count). The zero-order valence-corrected chi connectivity index (χ0v) is 7.04. The maximum absolute atomic E-state index is 5.15. The van der Waals surface area contributed by atoms with Crippen molar-refractivity contribution in [2.24, 2.45) is 5.90 Å². The van der Waals surface area contributed by atoms with Gasteiger partial charge in [0.05, 0.1) is 6.61 Å². The molecule has 0 heterocycles. The average molecular weight is 172 g/mol. The van der Waals surface area contributed by atoms with Crippen LogP contribution >= 0.6 is 23.2 Å². The Morgan fingerprint density at radius 3 is 2.11 bits per heavy atom. The third-order valence-electron chi connectivity index (χ3n) is 0.334. The van der Waals surface area contributed by atoms with Crippen LogP contribution in [0.2, 0.25) is 0 Å². The molecule has 0 fully saturated rings. The van der Waals surface area contributed by atoms with Crippen LogP contribution < -0.4 is 5.90 Å². The smallest absolute Gasteiger partial charge is 0.105 e. The summed E-state index contributed by atoms with van der Waals surface area (Å²) < 4.78 is 0.172. The van der Waals surface area contributed by atoms with Gasteiger partial charge in [-0.25, -0.2) is 5.90 Å². The summed E-state index contributed by atoms with van der Waals surface area (Å²) in [6.45, 7) is 4.25. The van der Waals surface area contributed by atoms with Crippen molar-refractivity contribution in [3.63, 3.8) is 0 Å². The summed E-state index contributed by atoms with van der Waals surface area (Å²) in [6.07, 6.45) is 1.45. The van der Waals surface area contributed by atoms with E-state index in [1.54, 1.807) is 0 Å². The highest BCUT2D eigenvalue weighted by Crippen LogP contribution is 2.04. The predicted octanol–water partition coefficient (Wildman–Crippen LogP) is 2.22. The predicted molar refractivity (Wildman–Crippen MR) is 41.3 cm³/mol. The number of rotatable bonds is 2. The maximum Gasteiger partial charge on any atom is 0.105 e. The molecular weight excluding hydrogens is 161 g/mol. The Hall–Kier alpha value is 0.240. The second-order valence-corrected chi connectivity index (χ2v) is 1.83. The first-order chi connectivity index (χ1) is 4.27. The van der Waals surface area contributed by atoms with Crippen molar-refractivity contribution in [3.8, 4) is 0 Å². The maximum atomic E-state index is 5.15. The molecule has 4 heteroatoms. The molecule has 0 atom stereocenters. The van der Waals surface area contributed by atoms with Gasteiger partial charge in [0.25, 0.3) is 0 Å². The first-order valence-electron chi connectivity index (χ1n) is 2.60. The van der Waals surface area contributed by atoms with Crippen LogP contribution in [0.5, 0.6) is 0 Å². The molecule has 0 aliphatic heterocycles. The molecule has 0 aliphatic carbocycles. The minimum Gasteiger partial charge on any atom is -0.300 e. The van der Waals surface area contributed by atoms with Crippen molar-refractivity contribution < 1.29 is 4.84 Å². The second kappa shape index (κ2) is 11.1. The van der Waals surface area contributed by atoms with E-state index in [4.69, 9.17) is 23.2 Å². The minimum atomic E-state index is 0.172. The quantitative estimate of drug-likeness (QED) is 0.648. The SMILES string of the molecule is CC.NOCC=C(Cl)Cl. The zero-order valence-electron chi connectivity index (χ0n) is 5.53. The highest BCUT2D eigenvalue weighted by Gasteiger charge is 1.78. The third-order valence-corrected chi connectivity index (χ3v) is 0.642.